The Morgan fingerprint density at radius 3 is 2.10 bits per heavy atom. The molecule has 0 saturated carbocycles. The first-order chi connectivity index (χ1) is 9.40. The van der Waals surface area contributed by atoms with Crippen LogP contribution in [-0.4, -0.2) is 24.5 Å². The molecule has 20 heavy (non-hydrogen) atoms. The van der Waals surface area contributed by atoms with Crippen molar-refractivity contribution in [2.24, 2.45) is 0 Å². The normalized spacial score (nSPS) is 16.6. The second-order valence-corrected chi connectivity index (χ2v) is 19.7. The van der Waals surface area contributed by atoms with Gasteiger partial charge in [-0.2, -0.15) is 0 Å². The van der Waals surface area contributed by atoms with Crippen molar-refractivity contribution >= 4 is 20.6 Å². The van der Waals surface area contributed by atoms with Crippen molar-refractivity contribution in [3.05, 3.63) is 35.9 Å². The van der Waals surface area contributed by atoms with Crippen molar-refractivity contribution in [2.45, 2.75) is 47.6 Å². The van der Waals surface area contributed by atoms with Crippen LogP contribution < -0.4 is 4.89 Å². The zero-order valence-electron chi connectivity index (χ0n) is 12.7. The van der Waals surface area contributed by atoms with Gasteiger partial charge in [-0.1, -0.05) is 0 Å². The van der Waals surface area contributed by atoms with Gasteiger partial charge in [0.05, 0.1) is 0 Å². The zero-order chi connectivity index (χ0) is 15.2. The van der Waals surface area contributed by atoms with E-state index in [1.807, 2.05) is 6.07 Å². The summed E-state index contributed by atoms with van der Waals surface area (Å²) in [4.78, 5) is 12.3. The SMILES string of the molecule is C[CH2][Ge]([CH2]C)([CH2]C)[CH2]CP(=O)([O-])C(O)c1ccccc1. The van der Waals surface area contributed by atoms with Gasteiger partial charge in [0.2, 0.25) is 0 Å². The van der Waals surface area contributed by atoms with E-state index in [9.17, 15) is 14.6 Å². The summed E-state index contributed by atoms with van der Waals surface area (Å²) in [5, 5.41) is 14.4. The number of rotatable bonds is 8. The van der Waals surface area contributed by atoms with Crippen molar-refractivity contribution in [2.75, 3.05) is 6.16 Å². The number of aliphatic hydroxyl groups is 1. The molecular weight excluding hydrogens is 332 g/mol. The van der Waals surface area contributed by atoms with Gasteiger partial charge in [-0.3, -0.25) is 0 Å². The fraction of sp³-hybridized carbons (Fsp3) is 0.600. The second-order valence-electron chi connectivity index (χ2n) is 5.54. The summed E-state index contributed by atoms with van der Waals surface area (Å²) >= 11 is -2.00. The van der Waals surface area contributed by atoms with E-state index in [0.717, 1.165) is 21.0 Å². The summed E-state index contributed by atoms with van der Waals surface area (Å²) in [6.45, 7) is 6.57. The molecule has 2 unspecified atom stereocenters. The van der Waals surface area contributed by atoms with Crippen molar-refractivity contribution in [1.29, 1.82) is 0 Å². The van der Waals surface area contributed by atoms with Gasteiger partial charge in [0.15, 0.2) is 0 Å². The molecule has 2 atom stereocenters. The van der Waals surface area contributed by atoms with E-state index in [1.165, 1.54) is 0 Å². The van der Waals surface area contributed by atoms with Gasteiger partial charge in [0, 0.05) is 0 Å². The van der Waals surface area contributed by atoms with Crippen LogP contribution in [-0.2, 0) is 4.57 Å². The first-order valence-electron chi connectivity index (χ1n) is 7.43. The van der Waals surface area contributed by atoms with Gasteiger partial charge in [0.1, 0.15) is 0 Å². The van der Waals surface area contributed by atoms with Gasteiger partial charge in [0.25, 0.3) is 0 Å². The summed E-state index contributed by atoms with van der Waals surface area (Å²) in [7, 11) is -3.79. The molecule has 0 aromatic heterocycles. The van der Waals surface area contributed by atoms with Crippen LogP contribution in [0.25, 0.3) is 0 Å². The van der Waals surface area contributed by atoms with Crippen LogP contribution in [0.3, 0.4) is 0 Å². The van der Waals surface area contributed by atoms with Crippen molar-refractivity contribution in [3.63, 3.8) is 0 Å². The Kier molecular flexibility index (Phi) is 7.00. The molecule has 1 N–H and O–H groups in total. The van der Waals surface area contributed by atoms with Crippen LogP contribution in [0.1, 0.15) is 32.2 Å². The van der Waals surface area contributed by atoms with Crippen molar-refractivity contribution in [1.82, 2.24) is 0 Å². The summed E-state index contributed by atoms with van der Waals surface area (Å²) in [5.74, 6) is -1.35. The van der Waals surface area contributed by atoms with E-state index in [0.29, 0.717) is 5.56 Å². The van der Waals surface area contributed by atoms with Gasteiger partial charge in [-0.15, -0.1) is 0 Å². The quantitative estimate of drug-likeness (QED) is 0.568. The number of hydrogen-bond donors (Lipinski definition) is 1. The van der Waals surface area contributed by atoms with E-state index in [-0.39, 0.29) is 6.16 Å². The van der Waals surface area contributed by atoms with Crippen LogP contribution in [0.2, 0.25) is 21.0 Å². The molecule has 114 valence electrons. The Balaban J connectivity index is 2.77. The van der Waals surface area contributed by atoms with Crippen LogP contribution in [0.4, 0.5) is 0 Å². The average Bonchev–Trinajstić information content (AvgIpc) is 2.49. The van der Waals surface area contributed by atoms with E-state index in [1.54, 1.807) is 24.3 Å². The minimum absolute atomic E-state index is 0.151. The third-order valence-corrected chi connectivity index (χ3v) is 19.6. The van der Waals surface area contributed by atoms with Crippen LogP contribution in [0.5, 0.6) is 0 Å². The van der Waals surface area contributed by atoms with Crippen molar-refractivity contribution in [3.8, 4) is 0 Å². The molecule has 1 aromatic rings. The van der Waals surface area contributed by atoms with E-state index in [4.69, 9.17) is 0 Å². The Hall–Kier alpha value is -0.0871. The molecule has 0 amide bonds. The number of hydrogen-bond acceptors (Lipinski definition) is 3. The molecule has 0 bridgehead atoms. The minimum atomic E-state index is -3.79. The maximum atomic E-state index is 12.3. The van der Waals surface area contributed by atoms with Crippen LogP contribution >= 0.6 is 7.37 Å². The fourth-order valence-corrected chi connectivity index (χ4v) is 14.6. The molecule has 0 spiro atoms. The molecule has 0 fully saturated rings. The van der Waals surface area contributed by atoms with Gasteiger partial charge >= 0.3 is 125 Å². The zero-order valence-corrected chi connectivity index (χ0v) is 15.7. The average molecular weight is 358 g/mol. The maximum absolute atomic E-state index is 12.3. The second kappa shape index (κ2) is 7.79. The van der Waals surface area contributed by atoms with Gasteiger partial charge in [-0.05, 0) is 0 Å². The molecule has 0 saturated heterocycles. The van der Waals surface area contributed by atoms with Crippen LogP contribution in [0.15, 0.2) is 30.3 Å². The van der Waals surface area contributed by atoms with Crippen LogP contribution in [0, 0.1) is 0 Å². The molecule has 0 heterocycles. The first kappa shape index (κ1) is 18.0. The Morgan fingerprint density at radius 1 is 1.15 bits per heavy atom. The molecule has 0 aliphatic rings. The molecule has 1 rings (SSSR count). The molecular formula is C15H26GeO3P-. The third kappa shape index (κ3) is 4.46. The Bertz CT molecular complexity index is 437. The number of aliphatic hydroxyl groups excluding tert-OH is 1. The number of benzene rings is 1. The predicted molar refractivity (Wildman–Crippen MR) is 85.9 cm³/mol. The van der Waals surface area contributed by atoms with E-state index < -0.39 is 26.5 Å². The molecule has 1 aromatic carbocycles. The third-order valence-electron chi connectivity index (χ3n) is 4.67. The summed E-state index contributed by atoms with van der Waals surface area (Å²) in [5.41, 5.74) is 0.480. The molecule has 0 aliphatic carbocycles. The summed E-state index contributed by atoms with van der Waals surface area (Å²) in [6, 6.07) is 8.67. The Labute approximate surface area is 125 Å². The van der Waals surface area contributed by atoms with Gasteiger partial charge < -0.3 is 0 Å². The van der Waals surface area contributed by atoms with Gasteiger partial charge in [-0.25, -0.2) is 0 Å². The standard InChI is InChI=1S/C15H27GeO3P/c1-4-16(5-2,6-3)12-13-20(18,19)15(17)14-10-8-7-9-11-14/h7-11,15,17H,4-6,12-13H2,1-3H3,(H,18,19)/p-1. The molecule has 0 radical (unpaired) electrons. The van der Waals surface area contributed by atoms with E-state index in [2.05, 4.69) is 20.8 Å². The first-order valence-corrected chi connectivity index (χ1v) is 15.2. The predicted octanol–water partition coefficient (Wildman–Crippen LogP) is 3.82. The monoisotopic (exact) mass is 359 g/mol. The molecule has 0 aliphatic heterocycles. The van der Waals surface area contributed by atoms with Crippen molar-refractivity contribution < 1.29 is 14.6 Å². The summed E-state index contributed by atoms with van der Waals surface area (Å²) < 4.78 is 12.3. The van der Waals surface area contributed by atoms with E-state index >= 15 is 0 Å². The molecule has 3 nitrogen and oxygen atoms in total. The fourth-order valence-electron chi connectivity index (χ4n) is 2.65. The molecule has 5 heteroatoms. The summed E-state index contributed by atoms with van der Waals surface area (Å²) in [6.07, 6.45) is 0.151. The topological polar surface area (TPSA) is 60.4 Å². The Morgan fingerprint density at radius 2 is 1.65 bits per heavy atom.